The largest absolute Gasteiger partial charge is 0.371 e. The van der Waals surface area contributed by atoms with E-state index in [2.05, 4.69) is 16.4 Å². The molecule has 1 unspecified atom stereocenters. The van der Waals surface area contributed by atoms with Gasteiger partial charge in [-0.15, -0.1) is 0 Å². The zero-order valence-electron chi connectivity index (χ0n) is 10.0. The van der Waals surface area contributed by atoms with Gasteiger partial charge in [-0.1, -0.05) is 17.7 Å². The van der Waals surface area contributed by atoms with Crippen LogP contribution in [0.25, 0.3) is 10.9 Å². The summed E-state index contributed by atoms with van der Waals surface area (Å²) >= 11 is 5.97. The number of hydrogen-bond donors (Lipinski definition) is 1. The van der Waals surface area contributed by atoms with E-state index in [1.807, 2.05) is 24.3 Å². The molecule has 0 saturated carbocycles. The van der Waals surface area contributed by atoms with Gasteiger partial charge in [-0.2, -0.15) is 0 Å². The third kappa shape index (κ3) is 2.48. The second-order valence-electron chi connectivity index (χ2n) is 4.49. The summed E-state index contributed by atoms with van der Waals surface area (Å²) in [6, 6.07) is 9.83. The van der Waals surface area contributed by atoms with Crippen molar-refractivity contribution in [2.45, 2.75) is 12.5 Å². The van der Waals surface area contributed by atoms with Crippen LogP contribution in [0.5, 0.6) is 0 Å². The maximum Gasteiger partial charge on any atom is 0.112 e. The van der Waals surface area contributed by atoms with Crippen molar-refractivity contribution in [2.24, 2.45) is 0 Å². The van der Waals surface area contributed by atoms with Gasteiger partial charge in [0.15, 0.2) is 0 Å². The minimum absolute atomic E-state index is 0.0487. The molecule has 1 aliphatic heterocycles. The van der Waals surface area contributed by atoms with Crippen LogP contribution in [0, 0.1) is 0 Å². The number of halogens is 1. The highest BCUT2D eigenvalue weighted by atomic mass is 35.5. The molecule has 2 heterocycles. The second-order valence-corrected chi connectivity index (χ2v) is 4.93. The van der Waals surface area contributed by atoms with E-state index in [9.17, 15) is 0 Å². The Hall–Kier alpha value is -1.16. The quantitative estimate of drug-likeness (QED) is 0.858. The third-order valence-electron chi connectivity index (χ3n) is 3.15. The summed E-state index contributed by atoms with van der Waals surface area (Å²) in [4.78, 5) is 4.66. The molecule has 1 atom stereocenters. The summed E-state index contributed by atoms with van der Waals surface area (Å²) in [6.07, 6.45) is 1.10. The van der Waals surface area contributed by atoms with Gasteiger partial charge in [0.1, 0.15) is 6.10 Å². The van der Waals surface area contributed by atoms with Gasteiger partial charge in [-0.05, 0) is 37.2 Å². The van der Waals surface area contributed by atoms with E-state index < -0.39 is 0 Å². The van der Waals surface area contributed by atoms with Gasteiger partial charge in [-0.3, -0.25) is 4.98 Å². The molecule has 3 nitrogen and oxygen atoms in total. The number of rotatable bonds is 1. The van der Waals surface area contributed by atoms with Gasteiger partial charge >= 0.3 is 0 Å². The van der Waals surface area contributed by atoms with E-state index in [1.54, 1.807) is 0 Å². The van der Waals surface area contributed by atoms with Crippen LogP contribution < -0.4 is 5.32 Å². The lowest BCUT2D eigenvalue weighted by Crippen LogP contribution is -2.20. The third-order valence-corrected chi connectivity index (χ3v) is 3.38. The van der Waals surface area contributed by atoms with Crippen molar-refractivity contribution in [3.05, 3.63) is 41.0 Å². The van der Waals surface area contributed by atoms with Crippen LogP contribution in [-0.2, 0) is 4.74 Å². The Morgan fingerprint density at radius 3 is 3.17 bits per heavy atom. The Morgan fingerprint density at radius 1 is 1.28 bits per heavy atom. The first-order chi connectivity index (χ1) is 8.83. The molecular weight excluding hydrogens is 248 g/mol. The first-order valence-corrected chi connectivity index (χ1v) is 6.59. The van der Waals surface area contributed by atoms with Crippen molar-refractivity contribution in [3.8, 4) is 0 Å². The molecule has 1 aliphatic rings. The molecule has 2 aromatic rings. The number of nitrogens with one attached hydrogen (secondary N) is 1. The van der Waals surface area contributed by atoms with Gasteiger partial charge in [0, 0.05) is 23.6 Å². The molecular formula is C14H15ClN2O. The SMILES string of the molecule is Clc1ccc2nc(C3CNCCCO3)ccc2c1. The van der Waals surface area contributed by atoms with Crippen molar-refractivity contribution in [2.75, 3.05) is 19.7 Å². The summed E-state index contributed by atoms with van der Waals surface area (Å²) in [5.41, 5.74) is 1.95. The average Bonchev–Trinajstić information content (AvgIpc) is 2.67. The number of ether oxygens (including phenoxy) is 1. The van der Waals surface area contributed by atoms with Crippen LogP contribution >= 0.6 is 11.6 Å². The molecule has 1 fully saturated rings. The van der Waals surface area contributed by atoms with Crippen LogP contribution in [0.15, 0.2) is 30.3 Å². The Labute approximate surface area is 111 Å². The van der Waals surface area contributed by atoms with Gasteiger partial charge in [0.2, 0.25) is 0 Å². The molecule has 1 aromatic heterocycles. The van der Waals surface area contributed by atoms with Crippen LogP contribution in [0.3, 0.4) is 0 Å². The van der Waals surface area contributed by atoms with Gasteiger partial charge in [-0.25, -0.2) is 0 Å². The molecule has 0 spiro atoms. The van der Waals surface area contributed by atoms with E-state index in [-0.39, 0.29) is 6.10 Å². The van der Waals surface area contributed by atoms with E-state index in [4.69, 9.17) is 16.3 Å². The second kappa shape index (κ2) is 5.22. The van der Waals surface area contributed by atoms with Crippen molar-refractivity contribution in [3.63, 3.8) is 0 Å². The fourth-order valence-electron chi connectivity index (χ4n) is 2.20. The highest BCUT2D eigenvalue weighted by Gasteiger charge is 2.16. The fraction of sp³-hybridized carbons (Fsp3) is 0.357. The lowest BCUT2D eigenvalue weighted by Gasteiger charge is -2.14. The lowest BCUT2D eigenvalue weighted by molar-refractivity contribution is 0.0641. The summed E-state index contributed by atoms with van der Waals surface area (Å²) in [7, 11) is 0. The zero-order chi connectivity index (χ0) is 12.4. The van der Waals surface area contributed by atoms with E-state index >= 15 is 0 Å². The summed E-state index contributed by atoms with van der Waals surface area (Å²) in [5, 5.41) is 5.17. The topological polar surface area (TPSA) is 34.2 Å². The van der Waals surface area contributed by atoms with Crippen LogP contribution in [0.1, 0.15) is 18.2 Å². The normalized spacial score (nSPS) is 20.8. The minimum Gasteiger partial charge on any atom is -0.371 e. The molecule has 1 saturated heterocycles. The van der Waals surface area contributed by atoms with Crippen molar-refractivity contribution in [1.29, 1.82) is 0 Å². The molecule has 1 N–H and O–H groups in total. The lowest BCUT2D eigenvalue weighted by atomic mass is 10.1. The number of benzene rings is 1. The summed E-state index contributed by atoms with van der Waals surface area (Å²) in [5.74, 6) is 0. The zero-order valence-corrected chi connectivity index (χ0v) is 10.8. The minimum atomic E-state index is 0.0487. The maximum atomic E-state index is 5.97. The predicted octanol–water partition coefficient (Wildman–Crippen LogP) is 2.94. The number of hydrogen-bond acceptors (Lipinski definition) is 3. The molecule has 94 valence electrons. The average molecular weight is 263 g/mol. The predicted molar refractivity (Wildman–Crippen MR) is 72.9 cm³/mol. The molecule has 3 rings (SSSR count). The summed E-state index contributed by atoms with van der Waals surface area (Å²) < 4.78 is 5.81. The molecule has 0 bridgehead atoms. The highest BCUT2D eigenvalue weighted by molar-refractivity contribution is 6.31. The Bertz CT molecular complexity index is 550. The molecule has 18 heavy (non-hydrogen) atoms. The van der Waals surface area contributed by atoms with Crippen molar-refractivity contribution >= 4 is 22.5 Å². The standard InChI is InChI=1S/C14H15ClN2O/c15-11-3-5-12-10(8-11)2-4-13(17-12)14-9-16-6-1-7-18-14/h2-5,8,14,16H,1,6-7,9H2. The van der Waals surface area contributed by atoms with Crippen LogP contribution in [0.4, 0.5) is 0 Å². The molecule has 0 radical (unpaired) electrons. The van der Waals surface area contributed by atoms with Crippen molar-refractivity contribution in [1.82, 2.24) is 10.3 Å². The maximum absolute atomic E-state index is 5.97. The Morgan fingerprint density at radius 2 is 2.22 bits per heavy atom. The van der Waals surface area contributed by atoms with Gasteiger partial charge in [0.25, 0.3) is 0 Å². The number of aromatic nitrogens is 1. The van der Waals surface area contributed by atoms with Gasteiger partial charge in [0.05, 0.1) is 11.2 Å². The molecule has 4 heteroatoms. The smallest absolute Gasteiger partial charge is 0.112 e. The highest BCUT2D eigenvalue weighted by Crippen LogP contribution is 2.22. The van der Waals surface area contributed by atoms with E-state index in [1.165, 1.54) is 0 Å². The molecule has 0 amide bonds. The first kappa shape index (κ1) is 11.9. The van der Waals surface area contributed by atoms with Crippen LogP contribution in [0.2, 0.25) is 5.02 Å². The van der Waals surface area contributed by atoms with E-state index in [0.717, 1.165) is 47.7 Å². The van der Waals surface area contributed by atoms with Crippen molar-refractivity contribution < 1.29 is 4.74 Å². The first-order valence-electron chi connectivity index (χ1n) is 6.21. The number of nitrogens with zero attached hydrogens (tertiary/aromatic N) is 1. The molecule has 1 aromatic carbocycles. The van der Waals surface area contributed by atoms with Crippen LogP contribution in [-0.4, -0.2) is 24.7 Å². The molecule has 0 aliphatic carbocycles. The van der Waals surface area contributed by atoms with E-state index in [0.29, 0.717) is 0 Å². The monoisotopic (exact) mass is 262 g/mol. The van der Waals surface area contributed by atoms with Gasteiger partial charge < -0.3 is 10.1 Å². The Kier molecular flexibility index (Phi) is 3.46. The fourth-order valence-corrected chi connectivity index (χ4v) is 2.38. The number of fused-ring (bicyclic) bond motifs is 1. The Balaban J connectivity index is 1.94. The summed E-state index contributed by atoms with van der Waals surface area (Å²) in [6.45, 7) is 2.63. The number of pyridine rings is 1.